The van der Waals surface area contributed by atoms with Crippen LogP contribution in [0, 0.1) is 11.6 Å². The summed E-state index contributed by atoms with van der Waals surface area (Å²) in [4.78, 5) is 15.3. The first-order valence-electron chi connectivity index (χ1n) is 8.28. The Bertz CT molecular complexity index is 759. The smallest absolute Gasteiger partial charge is 0.257 e. The normalized spacial score (nSPS) is 15.2. The molecule has 0 unspecified atom stereocenters. The number of ether oxygens (including phenoxy) is 1. The van der Waals surface area contributed by atoms with Crippen LogP contribution in [0.1, 0.15) is 15.9 Å². The predicted octanol–water partition coefficient (Wildman–Crippen LogP) is 1.51. The fourth-order valence-electron chi connectivity index (χ4n) is 3.16. The van der Waals surface area contributed by atoms with Crippen molar-refractivity contribution in [2.45, 2.75) is 6.54 Å². The van der Waals surface area contributed by atoms with Crippen molar-refractivity contribution in [1.29, 1.82) is 0 Å². The molecule has 0 bridgehead atoms. The highest BCUT2D eigenvalue weighted by Crippen LogP contribution is 2.18. The Morgan fingerprint density at radius 2 is 1.88 bits per heavy atom. The lowest BCUT2D eigenvalue weighted by Crippen LogP contribution is -3.13. The summed E-state index contributed by atoms with van der Waals surface area (Å²) in [6.07, 6.45) is 0. The van der Waals surface area contributed by atoms with Gasteiger partial charge in [0.1, 0.15) is 23.9 Å². The number of quaternary nitrogens is 1. The number of halogens is 2. The summed E-state index contributed by atoms with van der Waals surface area (Å²) in [6.45, 7) is 3.16. The van der Waals surface area contributed by atoms with E-state index in [-0.39, 0.29) is 17.3 Å². The van der Waals surface area contributed by atoms with Gasteiger partial charge in [-0.2, -0.15) is 0 Å². The summed E-state index contributed by atoms with van der Waals surface area (Å²) in [5, 5.41) is 0. The first-order chi connectivity index (χ1) is 12.1. The minimum atomic E-state index is -0.494. The fourth-order valence-corrected chi connectivity index (χ4v) is 3.16. The van der Waals surface area contributed by atoms with Crippen LogP contribution >= 0.6 is 0 Å². The molecule has 1 saturated heterocycles. The number of methoxy groups -OCH3 is 1. The molecule has 1 heterocycles. The zero-order valence-corrected chi connectivity index (χ0v) is 14.1. The molecule has 4 nitrogen and oxygen atoms in total. The average Bonchev–Trinajstić information content (AvgIpc) is 2.62. The van der Waals surface area contributed by atoms with Crippen molar-refractivity contribution >= 4 is 5.91 Å². The van der Waals surface area contributed by atoms with Crippen LogP contribution in [-0.4, -0.2) is 44.1 Å². The van der Waals surface area contributed by atoms with Crippen molar-refractivity contribution in [3.63, 3.8) is 0 Å². The van der Waals surface area contributed by atoms with E-state index in [9.17, 15) is 13.6 Å². The quantitative estimate of drug-likeness (QED) is 0.910. The molecule has 2 aromatic rings. The first-order valence-corrected chi connectivity index (χ1v) is 8.28. The zero-order valence-electron chi connectivity index (χ0n) is 14.1. The largest absolute Gasteiger partial charge is 0.496 e. The van der Waals surface area contributed by atoms with Gasteiger partial charge in [0.25, 0.3) is 5.91 Å². The molecule has 1 aliphatic heterocycles. The summed E-state index contributed by atoms with van der Waals surface area (Å²) >= 11 is 0. The van der Waals surface area contributed by atoms with Crippen LogP contribution in [-0.2, 0) is 6.54 Å². The lowest BCUT2D eigenvalue weighted by molar-refractivity contribution is -0.917. The third-order valence-electron chi connectivity index (χ3n) is 4.54. The predicted molar refractivity (Wildman–Crippen MR) is 89.7 cm³/mol. The lowest BCUT2D eigenvalue weighted by atomic mass is 10.1. The van der Waals surface area contributed by atoms with Crippen LogP contribution in [0.15, 0.2) is 42.5 Å². The average molecular weight is 347 g/mol. The van der Waals surface area contributed by atoms with E-state index in [1.165, 1.54) is 29.2 Å². The van der Waals surface area contributed by atoms with Crippen LogP contribution < -0.4 is 9.64 Å². The van der Waals surface area contributed by atoms with Crippen LogP contribution in [0.4, 0.5) is 8.78 Å². The highest BCUT2D eigenvalue weighted by atomic mass is 19.1. The molecule has 1 N–H and O–H groups in total. The van der Waals surface area contributed by atoms with Crippen molar-refractivity contribution in [3.05, 3.63) is 65.2 Å². The van der Waals surface area contributed by atoms with Crippen molar-refractivity contribution in [2.75, 3.05) is 33.3 Å². The van der Waals surface area contributed by atoms with Gasteiger partial charge in [0, 0.05) is 0 Å². The van der Waals surface area contributed by atoms with Gasteiger partial charge in [0.15, 0.2) is 0 Å². The molecule has 25 heavy (non-hydrogen) atoms. The minimum Gasteiger partial charge on any atom is -0.496 e. The molecular formula is C19H21F2N2O2+. The Balaban J connectivity index is 1.62. The van der Waals surface area contributed by atoms with Crippen LogP contribution in [0.3, 0.4) is 0 Å². The lowest BCUT2D eigenvalue weighted by Gasteiger charge is -2.32. The maximum atomic E-state index is 13.8. The Morgan fingerprint density at radius 3 is 2.56 bits per heavy atom. The Kier molecular flexibility index (Phi) is 5.28. The van der Waals surface area contributed by atoms with E-state index < -0.39 is 5.82 Å². The first kappa shape index (κ1) is 17.4. The molecule has 0 saturated carbocycles. The minimum absolute atomic E-state index is 0.109. The van der Waals surface area contributed by atoms with E-state index >= 15 is 0 Å². The molecule has 132 valence electrons. The molecule has 0 atom stereocenters. The number of amides is 1. The highest BCUT2D eigenvalue weighted by Gasteiger charge is 2.26. The number of nitrogens with zero attached hydrogens (tertiary/aromatic N) is 1. The Morgan fingerprint density at radius 1 is 1.16 bits per heavy atom. The maximum Gasteiger partial charge on any atom is 0.257 e. The van der Waals surface area contributed by atoms with Crippen molar-refractivity contribution < 1.29 is 23.2 Å². The van der Waals surface area contributed by atoms with Gasteiger partial charge in [-0.15, -0.1) is 0 Å². The number of carbonyl (C=O) groups is 1. The van der Waals surface area contributed by atoms with E-state index in [0.717, 1.165) is 18.7 Å². The van der Waals surface area contributed by atoms with Gasteiger partial charge in [-0.3, -0.25) is 4.79 Å². The number of piperazine rings is 1. The van der Waals surface area contributed by atoms with E-state index in [4.69, 9.17) is 4.74 Å². The van der Waals surface area contributed by atoms with Crippen molar-refractivity contribution in [3.8, 4) is 5.75 Å². The molecule has 0 radical (unpaired) electrons. The van der Waals surface area contributed by atoms with Gasteiger partial charge in [-0.25, -0.2) is 8.78 Å². The zero-order chi connectivity index (χ0) is 17.8. The SMILES string of the molecule is COc1ccc(F)cc1C[NH+]1CCN(C(=O)c2ccccc2F)CC1. The van der Waals surface area contributed by atoms with E-state index in [0.29, 0.717) is 25.4 Å². The molecule has 0 spiro atoms. The number of carbonyl (C=O) groups excluding carboxylic acids is 1. The number of benzene rings is 2. The monoisotopic (exact) mass is 347 g/mol. The molecule has 1 amide bonds. The van der Waals surface area contributed by atoms with Gasteiger partial charge >= 0.3 is 0 Å². The number of rotatable bonds is 4. The third-order valence-corrected chi connectivity index (χ3v) is 4.54. The van der Waals surface area contributed by atoms with Gasteiger partial charge < -0.3 is 14.5 Å². The van der Waals surface area contributed by atoms with Crippen LogP contribution in [0.5, 0.6) is 5.75 Å². The number of hydrogen-bond acceptors (Lipinski definition) is 2. The van der Waals surface area contributed by atoms with E-state index in [1.807, 2.05) is 0 Å². The van der Waals surface area contributed by atoms with Gasteiger partial charge in [-0.05, 0) is 30.3 Å². The number of hydrogen-bond donors (Lipinski definition) is 1. The summed E-state index contributed by atoms with van der Waals surface area (Å²) in [6, 6.07) is 10.5. The van der Waals surface area contributed by atoms with Crippen molar-refractivity contribution in [1.82, 2.24) is 4.90 Å². The van der Waals surface area contributed by atoms with Gasteiger partial charge in [0.05, 0.1) is 44.4 Å². The van der Waals surface area contributed by atoms with Gasteiger partial charge in [0.2, 0.25) is 0 Å². The van der Waals surface area contributed by atoms with E-state index in [1.54, 1.807) is 30.2 Å². The Labute approximate surface area is 145 Å². The molecule has 2 aromatic carbocycles. The molecule has 0 aromatic heterocycles. The second-order valence-electron chi connectivity index (χ2n) is 6.15. The topological polar surface area (TPSA) is 34.0 Å². The van der Waals surface area contributed by atoms with E-state index in [2.05, 4.69) is 0 Å². The highest BCUT2D eigenvalue weighted by molar-refractivity contribution is 5.94. The standard InChI is InChI=1S/C19H20F2N2O2/c1-25-18-7-6-15(20)12-14(18)13-22-8-10-23(11-9-22)19(24)16-4-2-3-5-17(16)21/h2-7,12H,8-11,13H2,1H3/p+1. The summed E-state index contributed by atoms with van der Waals surface area (Å²) in [5.41, 5.74) is 0.920. The molecule has 6 heteroatoms. The molecule has 3 rings (SSSR count). The Hall–Kier alpha value is -2.47. The fraction of sp³-hybridized carbons (Fsp3) is 0.316. The molecular weight excluding hydrogens is 326 g/mol. The molecule has 1 fully saturated rings. The summed E-state index contributed by atoms with van der Waals surface area (Å²) in [7, 11) is 1.57. The second-order valence-corrected chi connectivity index (χ2v) is 6.15. The third kappa shape index (κ3) is 3.96. The second kappa shape index (κ2) is 7.61. The van der Waals surface area contributed by atoms with Crippen molar-refractivity contribution in [2.24, 2.45) is 0 Å². The molecule has 1 aliphatic rings. The van der Waals surface area contributed by atoms with Gasteiger partial charge in [-0.1, -0.05) is 12.1 Å². The van der Waals surface area contributed by atoms with Crippen LogP contribution in [0.25, 0.3) is 0 Å². The van der Waals surface area contributed by atoms with Crippen LogP contribution in [0.2, 0.25) is 0 Å². The number of nitrogens with one attached hydrogen (secondary N) is 1. The summed E-state index contributed by atoms with van der Waals surface area (Å²) < 4.78 is 32.5. The summed E-state index contributed by atoms with van der Waals surface area (Å²) in [5.74, 6) is -0.394. The maximum absolute atomic E-state index is 13.8. The molecule has 0 aliphatic carbocycles.